The minimum absolute atomic E-state index is 0.0691. The molecule has 106 valence electrons. The number of amides is 1. The Kier molecular flexibility index (Phi) is 3.67. The quantitative estimate of drug-likeness (QED) is 0.741. The van der Waals surface area contributed by atoms with Crippen molar-refractivity contribution in [3.8, 4) is 0 Å². The van der Waals surface area contributed by atoms with Gasteiger partial charge in [0.25, 0.3) is 5.91 Å². The Bertz CT molecular complexity index is 624. The molecule has 0 atom stereocenters. The van der Waals surface area contributed by atoms with Crippen LogP contribution in [0.25, 0.3) is 0 Å². The van der Waals surface area contributed by atoms with Gasteiger partial charge in [-0.15, -0.1) is 0 Å². The predicted molar refractivity (Wildman–Crippen MR) is 78.9 cm³/mol. The van der Waals surface area contributed by atoms with Gasteiger partial charge in [0.05, 0.1) is 0 Å². The lowest BCUT2D eigenvalue weighted by atomic mass is 9.92. The first-order chi connectivity index (χ1) is 9.25. The predicted octanol–water partition coefficient (Wildman–Crippen LogP) is 2.59. The first kappa shape index (κ1) is 14.3. The van der Waals surface area contributed by atoms with E-state index in [-0.39, 0.29) is 22.3 Å². The Hall–Kier alpha value is -2.08. The first-order valence-electron chi connectivity index (χ1n) is 6.06. The van der Waals surface area contributed by atoms with Crippen LogP contribution in [0.2, 0.25) is 5.15 Å². The van der Waals surface area contributed by atoms with Crippen molar-refractivity contribution in [3.63, 3.8) is 0 Å². The van der Waals surface area contributed by atoms with Crippen LogP contribution in [0.3, 0.4) is 0 Å². The van der Waals surface area contributed by atoms with E-state index in [9.17, 15) is 4.79 Å². The zero-order valence-electron chi connectivity index (χ0n) is 11.5. The number of nitrogens with one attached hydrogen (secondary N) is 2. The highest BCUT2D eigenvalue weighted by molar-refractivity contribution is 6.30. The van der Waals surface area contributed by atoms with E-state index in [0.29, 0.717) is 11.4 Å². The normalized spacial score (nSPS) is 11.4. The lowest BCUT2D eigenvalue weighted by Crippen LogP contribution is -2.13. The Labute approximate surface area is 121 Å². The summed E-state index contributed by atoms with van der Waals surface area (Å²) in [6, 6.07) is 4.70. The van der Waals surface area contributed by atoms with Crippen molar-refractivity contribution < 1.29 is 4.79 Å². The van der Waals surface area contributed by atoms with Gasteiger partial charge < -0.3 is 11.1 Å². The molecule has 0 radical (unpaired) electrons. The third-order valence-electron chi connectivity index (χ3n) is 2.70. The van der Waals surface area contributed by atoms with E-state index in [4.69, 9.17) is 17.3 Å². The second-order valence-electron chi connectivity index (χ2n) is 5.47. The van der Waals surface area contributed by atoms with Crippen molar-refractivity contribution in [1.29, 1.82) is 0 Å². The summed E-state index contributed by atoms with van der Waals surface area (Å²) in [4.78, 5) is 15.9. The first-order valence-corrected chi connectivity index (χ1v) is 6.44. The summed E-state index contributed by atoms with van der Waals surface area (Å²) in [5.41, 5.74) is 6.75. The number of halogens is 1. The number of nitrogen functional groups attached to an aromatic ring is 1. The number of H-pyrrole nitrogens is 1. The van der Waals surface area contributed by atoms with Crippen molar-refractivity contribution in [3.05, 3.63) is 34.6 Å². The molecule has 6 nitrogen and oxygen atoms in total. The number of nitrogens with two attached hydrogens (primary N) is 1. The molecule has 1 amide bonds. The van der Waals surface area contributed by atoms with Crippen LogP contribution in [0.5, 0.6) is 0 Å². The molecule has 2 heterocycles. The van der Waals surface area contributed by atoms with Crippen molar-refractivity contribution in [2.45, 2.75) is 26.2 Å². The van der Waals surface area contributed by atoms with Crippen molar-refractivity contribution >= 4 is 29.1 Å². The summed E-state index contributed by atoms with van der Waals surface area (Å²) in [6.07, 6.45) is 0. The number of pyridine rings is 1. The second-order valence-corrected chi connectivity index (χ2v) is 5.86. The zero-order chi connectivity index (χ0) is 14.9. The Morgan fingerprint density at radius 2 is 2.05 bits per heavy atom. The number of rotatable bonds is 2. The van der Waals surface area contributed by atoms with Crippen LogP contribution in [-0.2, 0) is 5.41 Å². The standard InChI is InChI=1S/C13H16ClN5O/c1-13(2,3)8-6-11(19-18-8)17-12(20)7-4-9(14)16-10(15)5-7/h4-6H,1-3H3,(H2,15,16)(H2,17,18,19,20). The topological polar surface area (TPSA) is 96.7 Å². The highest BCUT2D eigenvalue weighted by atomic mass is 35.5. The average molecular weight is 294 g/mol. The Morgan fingerprint density at radius 3 is 2.60 bits per heavy atom. The van der Waals surface area contributed by atoms with Crippen LogP contribution in [0.4, 0.5) is 11.6 Å². The van der Waals surface area contributed by atoms with Crippen LogP contribution in [0.15, 0.2) is 18.2 Å². The molecule has 0 saturated heterocycles. The van der Waals surface area contributed by atoms with Gasteiger partial charge in [-0.3, -0.25) is 9.89 Å². The number of hydrogen-bond acceptors (Lipinski definition) is 4. The van der Waals surface area contributed by atoms with E-state index in [0.717, 1.165) is 5.69 Å². The van der Waals surface area contributed by atoms with Crippen LogP contribution in [-0.4, -0.2) is 21.1 Å². The van der Waals surface area contributed by atoms with Gasteiger partial charge >= 0.3 is 0 Å². The lowest BCUT2D eigenvalue weighted by Gasteiger charge is -2.14. The van der Waals surface area contributed by atoms with Gasteiger partial charge in [-0.1, -0.05) is 32.4 Å². The van der Waals surface area contributed by atoms with Crippen LogP contribution < -0.4 is 11.1 Å². The fourth-order valence-corrected chi connectivity index (χ4v) is 1.82. The highest BCUT2D eigenvalue weighted by Gasteiger charge is 2.18. The van der Waals surface area contributed by atoms with E-state index >= 15 is 0 Å². The van der Waals surface area contributed by atoms with Crippen LogP contribution in [0.1, 0.15) is 36.8 Å². The number of carbonyl (C=O) groups is 1. The number of hydrogen-bond donors (Lipinski definition) is 3. The van der Waals surface area contributed by atoms with Crippen molar-refractivity contribution in [2.75, 3.05) is 11.1 Å². The zero-order valence-corrected chi connectivity index (χ0v) is 12.2. The molecule has 0 bridgehead atoms. The molecule has 0 aliphatic rings. The average Bonchev–Trinajstić information content (AvgIpc) is 2.75. The van der Waals surface area contributed by atoms with Gasteiger partial charge in [0.2, 0.25) is 0 Å². The van der Waals surface area contributed by atoms with Gasteiger partial charge in [0.1, 0.15) is 11.0 Å². The maximum Gasteiger partial charge on any atom is 0.257 e. The maximum atomic E-state index is 12.1. The maximum absolute atomic E-state index is 12.1. The molecule has 0 spiro atoms. The fraction of sp³-hybridized carbons (Fsp3) is 0.308. The van der Waals surface area contributed by atoms with Crippen LogP contribution >= 0.6 is 11.6 Å². The molecule has 20 heavy (non-hydrogen) atoms. The highest BCUT2D eigenvalue weighted by Crippen LogP contribution is 2.22. The Morgan fingerprint density at radius 1 is 1.35 bits per heavy atom. The molecule has 0 fully saturated rings. The fourth-order valence-electron chi connectivity index (χ4n) is 1.61. The molecule has 7 heteroatoms. The number of aromatic nitrogens is 3. The number of nitrogens with zero attached hydrogens (tertiary/aromatic N) is 2. The summed E-state index contributed by atoms with van der Waals surface area (Å²) in [6.45, 7) is 6.15. The van der Waals surface area contributed by atoms with Crippen LogP contribution in [0, 0.1) is 0 Å². The lowest BCUT2D eigenvalue weighted by molar-refractivity contribution is 0.102. The van der Waals surface area contributed by atoms with Gasteiger partial charge in [-0.2, -0.15) is 5.10 Å². The van der Waals surface area contributed by atoms with Crippen molar-refractivity contribution in [2.24, 2.45) is 0 Å². The number of anilines is 2. The minimum Gasteiger partial charge on any atom is -0.384 e. The van der Waals surface area contributed by atoms with E-state index in [1.54, 1.807) is 6.07 Å². The molecule has 0 saturated carbocycles. The monoisotopic (exact) mass is 293 g/mol. The molecular weight excluding hydrogens is 278 g/mol. The Balaban J connectivity index is 2.17. The summed E-state index contributed by atoms with van der Waals surface area (Å²) >= 11 is 5.77. The van der Waals surface area contributed by atoms with E-state index in [1.165, 1.54) is 12.1 Å². The van der Waals surface area contributed by atoms with Gasteiger partial charge in [0, 0.05) is 22.7 Å². The minimum atomic E-state index is -0.340. The summed E-state index contributed by atoms with van der Waals surface area (Å²) in [5, 5.41) is 9.81. The molecule has 0 aromatic carbocycles. The number of aromatic amines is 1. The third-order valence-corrected chi connectivity index (χ3v) is 2.90. The molecule has 0 unspecified atom stereocenters. The van der Waals surface area contributed by atoms with Crippen molar-refractivity contribution in [1.82, 2.24) is 15.2 Å². The molecule has 0 aliphatic carbocycles. The largest absolute Gasteiger partial charge is 0.384 e. The third kappa shape index (κ3) is 3.27. The molecule has 0 aliphatic heterocycles. The van der Waals surface area contributed by atoms with Gasteiger partial charge in [0.15, 0.2) is 5.82 Å². The SMILES string of the molecule is CC(C)(C)c1cc(NC(=O)c2cc(N)nc(Cl)c2)n[nH]1. The summed E-state index contributed by atoms with van der Waals surface area (Å²) < 4.78 is 0. The van der Waals surface area contributed by atoms with E-state index < -0.39 is 0 Å². The molecule has 4 N–H and O–H groups in total. The molecule has 2 aromatic rings. The van der Waals surface area contributed by atoms with E-state index in [2.05, 4.69) is 41.3 Å². The van der Waals surface area contributed by atoms with E-state index in [1.807, 2.05) is 0 Å². The molecule has 2 aromatic heterocycles. The molecular formula is C13H16ClN5O. The summed E-state index contributed by atoms with van der Waals surface area (Å²) in [7, 11) is 0. The molecule has 2 rings (SSSR count). The second kappa shape index (κ2) is 5.13. The summed E-state index contributed by atoms with van der Waals surface area (Å²) in [5.74, 6) is 0.305. The van der Waals surface area contributed by atoms with Gasteiger partial charge in [-0.05, 0) is 12.1 Å². The van der Waals surface area contributed by atoms with Gasteiger partial charge in [-0.25, -0.2) is 4.98 Å². The smallest absolute Gasteiger partial charge is 0.257 e. The number of carbonyl (C=O) groups excluding carboxylic acids is 1.